The molecule has 0 fully saturated rings. The van der Waals surface area contributed by atoms with E-state index < -0.39 is 0 Å². The molecule has 2 nitrogen and oxygen atoms in total. The third kappa shape index (κ3) is 2.19. The van der Waals surface area contributed by atoms with Gasteiger partial charge in [0.15, 0.2) is 0 Å². The van der Waals surface area contributed by atoms with Crippen LogP contribution in [0.1, 0.15) is 26.3 Å². The van der Waals surface area contributed by atoms with Gasteiger partial charge in [0.2, 0.25) is 0 Å². The van der Waals surface area contributed by atoms with Crippen LogP contribution in [-0.4, -0.2) is 12.6 Å². The Hall–Kier alpha value is -1.18. The number of anilines is 2. The van der Waals surface area contributed by atoms with E-state index in [2.05, 4.69) is 38.7 Å². The van der Waals surface area contributed by atoms with Gasteiger partial charge < -0.3 is 10.6 Å². The van der Waals surface area contributed by atoms with Crippen molar-refractivity contribution in [3.63, 3.8) is 0 Å². The normalized spacial score (nSPS) is 10.6. The number of aryl methyl sites for hydroxylation is 1. The lowest BCUT2D eigenvalue weighted by Crippen LogP contribution is -2.31. The van der Waals surface area contributed by atoms with Crippen LogP contribution in [0.15, 0.2) is 18.2 Å². The topological polar surface area (TPSA) is 29.3 Å². The van der Waals surface area contributed by atoms with Crippen LogP contribution in [0.2, 0.25) is 0 Å². The third-order valence-electron chi connectivity index (χ3n) is 2.46. The van der Waals surface area contributed by atoms with Crippen LogP contribution >= 0.6 is 0 Å². The van der Waals surface area contributed by atoms with Gasteiger partial charge in [-0.15, -0.1) is 0 Å². The van der Waals surface area contributed by atoms with Crippen molar-refractivity contribution in [1.29, 1.82) is 0 Å². The molecule has 0 aliphatic rings. The van der Waals surface area contributed by atoms with Crippen molar-refractivity contribution in [2.75, 3.05) is 17.2 Å². The van der Waals surface area contributed by atoms with E-state index in [1.54, 1.807) is 0 Å². The van der Waals surface area contributed by atoms with Crippen LogP contribution < -0.4 is 10.6 Å². The summed E-state index contributed by atoms with van der Waals surface area (Å²) >= 11 is 0. The number of nitrogens with two attached hydrogens (primary N) is 1. The highest BCUT2D eigenvalue weighted by atomic mass is 15.2. The van der Waals surface area contributed by atoms with Crippen LogP contribution in [-0.2, 0) is 0 Å². The highest BCUT2D eigenvalue weighted by Gasteiger charge is 2.10. The molecule has 0 bridgehead atoms. The maximum atomic E-state index is 5.96. The molecule has 0 saturated heterocycles. The fourth-order valence-electron chi connectivity index (χ4n) is 1.72. The van der Waals surface area contributed by atoms with E-state index in [4.69, 9.17) is 5.73 Å². The molecule has 0 atom stereocenters. The van der Waals surface area contributed by atoms with E-state index in [1.807, 2.05) is 12.1 Å². The molecule has 0 amide bonds. The van der Waals surface area contributed by atoms with Crippen LogP contribution in [0.3, 0.4) is 0 Å². The SMILES string of the molecule is CCN(c1cc(C)ccc1N)C(C)C. The summed E-state index contributed by atoms with van der Waals surface area (Å²) in [5, 5.41) is 0. The average molecular weight is 192 g/mol. The second-order valence-electron chi connectivity index (χ2n) is 3.94. The molecule has 2 N–H and O–H groups in total. The first-order valence-electron chi connectivity index (χ1n) is 5.19. The molecule has 0 aliphatic carbocycles. The molecule has 1 aromatic rings. The van der Waals surface area contributed by atoms with Gasteiger partial charge in [-0.25, -0.2) is 0 Å². The zero-order chi connectivity index (χ0) is 10.7. The monoisotopic (exact) mass is 192 g/mol. The first kappa shape index (κ1) is 10.9. The summed E-state index contributed by atoms with van der Waals surface area (Å²) in [4.78, 5) is 2.31. The Morgan fingerprint density at radius 3 is 2.50 bits per heavy atom. The van der Waals surface area contributed by atoms with Crippen molar-refractivity contribution in [2.24, 2.45) is 0 Å². The lowest BCUT2D eigenvalue weighted by Gasteiger charge is -2.29. The third-order valence-corrected chi connectivity index (χ3v) is 2.46. The average Bonchev–Trinajstić information content (AvgIpc) is 2.11. The van der Waals surface area contributed by atoms with Gasteiger partial charge in [0, 0.05) is 12.6 Å². The lowest BCUT2D eigenvalue weighted by molar-refractivity contribution is 0.704. The second-order valence-corrected chi connectivity index (χ2v) is 3.94. The number of rotatable bonds is 3. The molecule has 1 aromatic carbocycles. The van der Waals surface area contributed by atoms with Gasteiger partial charge in [-0.2, -0.15) is 0 Å². The van der Waals surface area contributed by atoms with Crippen molar-refractivity contribution in [2.45, 2.75) is 33.7 Å². The molecule has 0 saturated carbocycles. The van der Waals surface area contributed by atoms with Gasteiger partial charge in [-0.05, 0) is 45.4 Å². The summed E-state index contributed by atoms with van der Waals surface area (Å²) in [7, 11) is 0. The van der Waals surface area contributed by atoms with Crippen LogP contribution in [0.4, 0.5) is 11.4 Å². The van der Waals surface area contributed by atoms with Gasteiger partial charge in [0.1, 0.15) is 0 Å². The number of hydrogen-bond donors (Lipinski definition) is 1. The number of benzene rings is 1. The summed E-state index contributed by atoms with van der Waals surface area (Å²) in [5.41, 5.74) is 9.24. The maximum absolute atomic E-state index is 5.96. The predicted octanol–water partition coefficient (Wildman–Crippen LogP) is 2.81. The summed E-state index contributed by atoms with van der Waals surface area (Å²) in [6.45, 7) is 9.61. The molecule has 0 spiro atoms. The van der Waals surface area contributed by atoms with E-state index in [0.29, 0.717) is 6.04 Å². The molecule has 14 heavy (non-hydrogen) atoms. The summed E-state index contributed by atoms with van der Waals surface area (Å²) in [5.74, 6) is 0. The minimum absolute atomic E-state index is 0.490. The van der Waals surface area contributed by atoms with Gasteiger partial charge in [0.05, 0.1) is 11.4 Å². The highest BCUT2D eigenvalue weighted by molar-refractivity contribution is 5.68. The van der Waals surface area contributed by atoms with E-state index in [0.717, 1.165) is 17.9 Å². The van der Waals surface area contributed by atoms with Crippen molar-refractivity contribution in [3.8, 4) is 0 Å². The zero-order valence-electron chi connectivity index (χ0n) is 9.54. The first-order chi connectivity index (χ1) is 6.56. The van der Waals surface area contributed by atoms with Gasteiger partial charge in [-0.3, -0.25) is 0 Å². The predicted molar refractivity (Wildman–Crippen MR) is 63.7 cm³/mol. The molecule has 1 rings (SSSR count). The lowest BCUT2D eigenvalue weighted by atomic mass is 10.1. The van der Waals surface area contributed by atoms with Crippen molar-refractivity contribution in [3.05, 3.63) is 23.8 Å². The maximum Gasteiger partial charge on any atom is 0.0604 e. The molecule has 0 heterocycles. The molecule has 78 valence electrons. The van der Waals surface area contributed by atoms with Crippen molar-refractivity contribution in [1.82, 2.24) is 0 Å². The van der Waals surface area contributed by atoms with E-state index in [1.165, 1.54) is 5.56 Å². The van der Waals surface area contributed by atoms with E-state index in [9.17, 15) is 0 Å². The quantitative estimate of drug-likeness (QED) is 0.746. The van der Waals surface area contributed by atoms with E-state index in [-0.39, 0.29) is 0 Å². The summed E-state index contributed by atoms with van der Waals surface area (Å²) in [6.07, 6.45) is 0. The van der Waals surface area contributed by atoms with Gasteiger partial charge in [-0.1, -0.05) is 6.07 Å². The largest absolute Gasteiger partial charge is 0.397 e. The van der Waals surface area contributed by atoms with Crippen molar-refractivity contribution < 1.29 is 0 Å². The first-order valence-corrected chi connectivity index (χ1v) is 5.19. The fourth-order valence-corrected chi connectivity index (χ4v) is 1.72. The van der Waals surface area contributed by atoms with Crippen LogP contribution in [0, 0.1) is 6.92 Å². The van der Waals surface area contributed by atoms with Crippen molar-refractivity contribution >= 4 is 11.4 Å². The molecular formula is C12H20N2. The minimum Gasteiger partial charge on any atom is -0.397 e. The van der Waals surface area contributed by atoms with Crippen LogP contribution in [0.25, 0.3) is 0 Å². The van der Waals surface area contributed by atoms with Crippen LogP contribution in [0.5, 0.6) is 0 Å². The Morgan fingerprint density at radius 1 is 1.36 bits per heavy atom. The number of nitrogens with zero attached hydrogens (tertiary/aromatic N) is 1. The standard InChI is InChI=1S/C12H20N2/c1-5-14(9(2)3)12-8-10(4)6-7-11(12)13/h6-9H,5,13H2,1-4H3. The summed E-state index contributed by atoms with van der Waals surface area (Å²) in [6, 6.07) is 6.67. The molecule has 2 heteroatoms. The zero-order valence-corrected chi connectivity index (χ0v) is 9.54. The Morgan fingerprint density at radius 2 is 2.00 bits per heavy atom. The summed E-state index contributed by atoms with van der Waals surface area (Å²) < 4.78 is 0. The number of hydrogen-bond acceptors (Lipinski definition) is 2. The molecule has 0 radical (unpaired) electrons. The molecular weight excluding hydrogens is 172 g/mol. The Bertz CT molecular complexity index is 305. The van der Waals surface area contributed by atoms with Gasteiger partial charge in [0.25, 0.3) is 0 Å². The fraction of sp³-hybridized carbons (Fsp3) is 0.500. The highest BCUT2D eigenvalue weighted by Crippen LogP contribution is 2.25. The Balaban J connectivity index is 3.08. The Labute approximate surface area is 86.7 Å². The molecule has 0 aliphatic heterocycles. The molecule has 0 aromatic heterocycles. The second kappa shape index (κ2) is 4.36. The number of nitrogen functional groups attached to an aromatic ring is 1. The molecule has 0 unspecified atom stereocenters. The Kier molecular flexibility index (Phi) is 3.39. The minimum atomic E-state index is 0.490. The van der Waals surface area contributed by atoms with Gasteiger partial charge >= 0.3 is 0 Å². The van der Waals surface area contributed by atoms with E-state index >= 15 is 0 Å². The smallest absolute Gasteiger partial charge is 0.0604 e.